The molecule has 0 saturated carbocycles. The number of aliphatic imine (C=N–C) groups is 1. The molecular weight excluding hydrogens is 385 g/mol. The fraction of sp³-hybridized carbons (Fsp3) is 0.762. The van der Waals surface area contributed by atoms with E-state index in [9.17, 15) is 9.50 Å². The van der Waals surface area contributed by atoms with Crippen LogP contribution in [0.1, 0.15) is 45.4 Å². The minimum Gasteiger partial charge on any atom is -0.395 e. The molecule has 1 aliphatic carbocycles. The zero-order valence-electron chi connectivity index (χ0n) is 17.8. The summed E-state index contributed by atoms with van der Waals surface area (Å²) in [6, 6.07) is 0.340. The first-order chi connectivity index (χ1) is 14.6. The summed E-state index contributed by atoms with van der Waals surface area (Å²) in [6.45, 7) is 4.04. The molecule has 168 valence electrons. The number of aliphatic hydroxyl groups excluding tert-OH is 1. The van der Waals surface area contributed by atoms with Crippen molar-refractivity contribution in [2.75, 3.05) is 19.7 Å². The Hall–Kier alpha value is -1.68. The summed E-state index contributed by atoms with van der Waals surface area (Å²) >= 11 is 0. The second-order valence-corrected chi connectivity index (χ2v) is 8.72. The smallest absolute Gasteiger partial charge is 0.137 e. The van der Waals surface area contributed by atoms with Crippen LogP contribution in [0.4, 0.5) is 4.39 Å². The highest BCUT2D eigenvalue weighted by atomic mass is 19.1. The van der Waals surface area contributed by atoms with Gasteiger partial charge in [-0.25, -0.2) is 9.38 Å². The molecule has 0 amide bonds. The van der Waals surface area contributed by atoms with E-state index in [2.05, 4.69) is 38.4 Å². The number of hydrogen-bond acceptors (Lipinski definition) is 7. The number of aliphatic hydroxyl groups is 1. The number of alkyl halides is 1. The molecule has 0 aromatic rings. The van der Waals surface area contributed by atoms with E-state index in [0.29, 0.717) is 12.8 Å². The average Bonchev–Trinajstić information content (AvgIpc) is 3.24. The van der Waals surface area contributed by atoms with Crippen molar-refractivity contribution in [3.8, 4) is 0 Å². The van der Waals surface area contributed by atoms with Crippen LogP contribution in [-0.2, 0) is 0 Å². The van der Waals surface area contributed by atoms with Crippen molar-refractivity contribution in [2.45, 2.75) is 82.3 Å². The molecule has 2 saturated heterocycles. The minimum absolute atomic E-state index is 0.0101. The molecule has 0 aromatic carbocycles. The molecule has 3 aliphatic heterocycles. The molecule has 6 atom stereocenters. The first-order valence-electron chi connectivity index (χ1n) is 11.3. The summed E-state index contributed by atoms with van der Waals surface area (Å²) < 4.78 is 13.5. The minimum atomic E-state index is -0.703. The van der Waals surface area contributed by atoms with Gasteiger partial charge in [-0.3, -0.25) is 15.5 Å². The van der Waals surface area contributed by atoms with Crippen LogP contribution in [0, 0.1) is 0 Å². The number of rotatable bonds is 6. The maximum Gasteiger partial charge on any atom is 0.137 e. The van der Waals surface area contributed by atoms with Crippen molar-refractivity contribution in [2.24, 2.45) is 4.99 Å². The van der Waals surface area contributed by atoms with Gasteiger partial charge in [0.25, 0.3) is 0 Å². The molecule has 0 radical (unpaired) electrons. The Kier molecular flexibility index (Phi) is 7.24. The average molecular weight is 422 g/mol. The summed E-state index contributed by atoms with van der Waals surface area (Å²) in [5.41, 5.74) is 1.27. The number of likely N-dealkylation sites (tertiary alicyclic amines) is 1. The lowest BCUT2D eigenvalue weighted by Crippen LogP contribution is -2.68. The maximum absolute atomic E-state index is 13.5. The number of allylic oxidation sites excluding steroid dienone is 1. The number of nitrogens with zero attached hydrogens (tertiary/aromatic N) is 2. The summed E-state index contributed by atoms with van der Waals surface area (Å²) in [7, 11) is 0. The quantitative estimate of drug-likeness (QED) is 0.347. The van der Waals surface area contributed by atoms with Gasteiger partial charge in [0.05, 0.1) is 19.3 Å². The molecule has 0 bridgehead atoms. The van der Waals surface area contributed by atoms with E-state index in [0.717, 1.165) is 44.6 Å². The highest BCUT2D eigenvalue weighted by Gasteiger charge is 2.36. The molecule has 30 heavy (non-hydrogen) atoms. The van der Waals surface area contributed by atoms with Crippen molar-refractivity contribution in [3.05, 3.63) is 24.0 Å². The predicted octanol–water partition coefficient (Wildman–Crippen LogP) is 0.451. The molecule has 0 spiro atoms. The Labute approximate surface area is 178 Å². The first kappa shape index (κ1) is 21.5. The van der Waals surface area contributed by atoms with Crippen LogP contribution in [0.5, 0.6) is 0 Å². The van der Waals surface area contributed by atoms with Crippen LogP contribution in [0.25, 0.3) is 0 Å². The summed E-state index contributed by atoms with van der Waals surface area (Å²) in [5, 5.41) is 27.1. The van der Waals surface area contributed by atoms with E-state index in [1.54, 1.807) is 0 Å². The largest absolute Gasteiger partial charge is 0.395 e. The van der Waals surface area contributed by atoms with Crippen molar-refractivity contribution in [3.63, 3.8) is 0 Å². The van der Waals surface area contributed by atoms with Crippen LogP contribution in [0.3, 0.4) is 0 Å². The van der Waals surface area contributed by atoms with E-state index in [4.69, 9.17) is 4.99 Å². The molecule has 9 heteroatoms. The van der Waals surface area contributed by atoms with Crippen molar-refractivity contribution in [1.29, 1.82) is 0 Å². The van der Waals surface area contributed by atoms with E-state index in [1.807, 2.05) is 18.5 Å². The Morgan fingerprint density at radius 3 is 3.00 bits per heavy atom. The summed E-state index contributed by atoms with van der Waals surface area (Å²) in [5.74, 6) is 0.947. The van der Waals surface area contributed by atoms with Gasteiger partial charge < -0.3 is 21.1 Å². The van der Waals surface area contributed by atoms with Gasteiger partial charge in [-0.2, -0.15) is 0 Å². The number of hydrogen-bond donors (Lipinski definition) is 6. The van der Waals surface area contributed by atoms with Crippen molar-refractivity contribution >= 4 is 5.84 Å². The number of nitrogens with one attached hydrogen (secondary N) is 5. The molecule has 4 aliphatic rings. The van der Waals surface area contributed by atoms with E-state index >= 15 is 0 Å². The molecule has 4 rings (SSSR count). The molecule has 6 N–H and O–H groups in total. The number of amidine groups is 1. The normalized spacial score (nSPS) is 37.2. The molecule has 2 fully saturated rings. The monoisotopic (exact) mass is 421 g/mol. The third-order valence-electron chi connectivity index (χ3n) is 6.56. The maximum atomic E-state index is 13.5. The van der Waals surface area contributed by atoms with Crippen LogP contribution in [0.15, 0.2) is 29.0 Å². The molecule has 0 aromatic heterocycles. The lowest BCUT2D eigenvalue weighted by molar-refractivity contribution is 0.0831. The summed E-state index contributed by atoms with van der Waals surface area (Å²) in [4.78, 5) is 7.27. The number of halogens is 1. The summed E-state index contributed by atoms with van der Waals surface area (Å²) in [6.07, 6.45) is 9.89. The fourth-order valence-electron chi connectivity index (χ4n) is 4.86. The van der Waals surface area contributed by atoms with Crippen LogP contribution < -0.4 is 26.6 Å². The van der Waals surface area contributed by atoms with Gasteiger partial charge >= 0.3 is 0 Å². The third-order valence-corrected chi connectivity index (χ3v) is 6.56. The Balaban J connectivity index is 1.45. The van der Waals surface area contributed by atoms with Gasteiger partial charge in [0.1, 0.15) is 24.5 Å². The standard InChI is InChI=1S/C21H36FN7O/c1-14(15-4-6-16(22)7-5-15)25-21-27-18(26-19-12-23-8-9-24-19)11-20(28-21)29-10-2-3-17(29)13-30/h4,8-9,14,16-17,19-21,23-25,28,30H,2-3,5-7,10-13H2,1H3,(H,26,27)/t14-,16+,17+,19-,20?,21?/m0/s1. The van der Waals surface area contributed by atoms with E-state index in [-0.39, 0.29) is 37.3 Å². The molecule has 8 nitrogen and oxygen atoms in total. The Bertz CT molecular complexity index is 670. The van der Waals surface area contributed by atoms with Crippen LogP contribution in [-0.4, -0.2) is 72.4 Å². The second kappa shape index (κ2) is 10.1. The SMILES string of the molecule is C[C@H](NC1NC(=N[C@H]2CNC=CN2)CC(N2CCC[C@@H]2CO)N1)C1=CC[C@@H](F)CC1. The zero-order chi connectivity index (χ0) is 20.9. The Morgan fingerprint density at radius 2 is 2.27 bits per heavy atom. The highest BCUT2D eigenvalue weighted by molar-refractivity contribution is 5.84. The zero-order valence-corrected chi connectivity index (χ0v) is 17.8. The lowest BCUT2D eigenvalue weighted by atomic mass is 9.93. The van der Waals surface area contributed by atoms with Gasteiger partial charge in [-0.15, -0.1) is 0 Å². The van der Waals surface area contributed by atoms with Gasteiger partial charge in [0, 0.05) is 37.4 Å². The van der Waals surface area contributed by atoms with Crippen molar-refractivity contribution < 1.29 is 9.50 Å². The third kappa shape index (κ3) is 5.32. The lowest BCUT2D eigenvalue weighted by Gasteiger charge is -2.42. The fourth-order valence-corrected chi connectivity index (χ4v) is 4.86. The van der Waals surface area contributed by atoms with E-state index in [1.165, 1.54) is 5.57 Å². The predicted molar refractivity (Wildman–Crippen MR) is 116 cm³/mol. The van der Waals surface area contributed by atoms with Crippen LogP contribution in [0.2, 0.25) is 0 Å². The highest BCUT2D eigenvalue weighted by Crippen LogP contribution is 2.24. The van der Waals surface area contributed by atoms with Crippen LogP contribution >= 0.6 is 0 Å². The molecular formula is C21H36FN7O. The van der Waals surface area contributed by atoms with E-state index < -0.39 is 6.17 Å². The second-order valence-electron chi connectivity index (χ2n) is 8.72. The van der Waals surface area contributed by atoms with Gasteiger partial charge in [0.2, 0.25) is 0 Å². The van der Waals surface area contributed by atoms with Gasteiger partial charge in [0.15, 0.2) is 0 Å². The molecule has 2 unspecified atom stereocenters. The first-order valence-corrected chi connectivity index (χ1v) is 11.3. The topological polar surface area (TPSA) is 96.0 Å². The van der Waals surface area contributed by atoms with Crippen molar-refractivity contribution in [1.82, 2.24) is 31.5 Å². The molecule has 3 heterocycles. The van der Waals surface area contributed by atoms with Gasteiger partial charge in [-0.1, -0.05) is 11.6 Å². The van der Waals surface area contributed by atoms with Gasteiger partial charge in [-0.05, 0) is 39.0 Å². The Morgan fingerprint density at radius 1 is 1.37 bits per heavy atom.